The Hall–Kier alpha value is -3.22. The van der Waals surface area contributed by atoms with E-state index in [1.165, 1.54) is 24.3 Å². The van der Waals surface area contributed by atoms with Gasteiger partial charge in [-0.05, 0) is 36.2 Å². The number of carbonyl (C=O) groups is 2. The SMILES string of the molecule is O=C(Nc1ccc2c(c1)C(=O)NCC2)c1ccc([N+](=O)[O-])cc1. The summed E-state index contributed by atoms with van der Waals surface area (Å²) in [6.45, 7) is 0.611. The Kier molecular flexibility index (Phi) is 3.76. The van der Waals surface area contributed by atoms with Crippen molar-refractivity contribution in [2.24, 2.45) is 0 Å². The molecule has 0 saturated carbocycles. The molecule has 3 rings (SSSR count). The number of nitrogens with one attached hydrogen (secondary N) is 2. The minimum Gasteiger partial charge on any atom is -0.352 e. The van der Waals surface area contributed by atoms with Crippen molar-refractivity contribution in [3.63, 3.8) is 0 Å². The first-order valence-electron chi connectivity index (χ1n) is 7.01. The van der Waals surface area contributed by atoms with E-state index in [2.05, 4.69) is 10.6 Å². The summed E-state index contributed by atoms with van der Waals surface area (Å²) in [6, 6.07) is 10.5. The fraction of sp³-hybridized carbons (Fsp3) is 0.125. The summed E-state index contributed by atoms with van der Waals surface area (Å²) in [5, 5.41) is 16.0. The maximum atomic E-state index is 12.2. The first-order valence-corrected chi connectivity index (χ1v) is 7.01. The summed E-state index contributed by atoms with van der Waals surface area (Å²) in [7, 11) is 0. The Morgan fingerprint density at radius 3 is 2.61 bits per heavy atom. The summed E-state index contributed by atoms with van der Waals surface area (Å²) >= 11 is 0. The van der Waals surface area contributed by atoms with Crippen LogP contribution >= 0.6 is 0 Å². The van der Waals surface area contributed by atoms with Gasteiger partial charge in [-0.1, -0.05) is 6.07 Å². The van der Waals surface area contributed by atoms with Gasteiger partial charge in [0.2, 0.25) is 0 Å². The first kappa shape index (κ1) is 14.7. The van der Waals surface area contributed by atoms with Gasteiger partial charge in [0.05, 0.1) is 4.92 Å². The number of carbonyl (C=O) groups excluding carboxylic acids is 2. The van der Waals surface area contributed by atoms with Crippen LogP contribution in [-0.4, -0.2) is 23.3 Å². The number of rotatable bonds is 3. The van der Waals surface area contributed by atoms with Gasteiger partial charge in [-0.3, -0.25) is 19.7 Å². The predicted octanol–water partition coefficient (Wildman–Crippen LogP) is 2.13. The van der Waals surface area contributed by atoms with E-state index in [0.29, 0.717) is 23.4 Å². The van der Waals surface area contributed by atoms with Gasteiger partial charge >= 0.3 is 0 Å². The van der Waals surface area contributed by atoms with Crippen LogP contribution in [0.5, 0.6) is 0 Å². The molecule has 2 aromatic carbocycles. The van der Waals surface area contributed by atoms with Crippen molar-refractivity contribution < 1.29 is 14.5 Å². The molecule has 0 fully saturated rings. The molecule has 1 aliphatic rings. The third-order valence-corrected chi connectivity index (χ3v) is 3.63. The number of fused-ring (bicyclic) bond motifs is 1. The van der Waals surface area contributed by atoms with E-state index in [1.807, 2.05) is 6.07 Å². The lowest BCUT2D eigenvalue weighted by Crippen LogP contribution is -2.31. The van der Waals surface area contributed by atoms with E-state index in [0.717, 1.165) is 12.0 Å². The quantitative estimate of drug-likeness (QED) is 0.669. The Labute approximate surface area is 131 Å². The molecule has 2 amide bonds. The van der Waals surface area contributed by atoms with E-state index in [1.54, 1.807) is 12.1 Å². The maximum Gasteiger partial charge on any atom is 0.269 e. The van der Waals surface area contributed by atoms with Crippen LogP contribution in [0, 0.1) is 10.1 Å². The van der Waals surface area contributed by atoms with E-state index in [-0.39, 0.29) is 11.6 Å². The molecule has 0 bridgehead atoms. The molecule has 2 N–H and O–H groups in total. The van der Waals surface area contributed by atoms with Crippen LogP contribution in [0.4, 0.5) is 11.4 Å². The molecule has 0 saturated heterocycles. The van der Waals surface area contributed by atoms with Gasteiger partial charge in [-0.2, -0.15) is 0 Å². The van der Waals surface area contributed by atoms with Crippen LogP contribution in [0.3, 0.4) is 0 Å². The second-order valence-corrected chi connectivity index (χ2v) is 5.14. The lowest BCUT2D eigenvalue weighted by atomic mass is 10.00. The van der Waals surface area contributed by atoms with Crippen molar-refractivity contribution in [1.82, 2.24) is 5.32 Å². The molecule has 116 valence electrons. The van der Waals surface area contributed by atoms with E-state index < -0.39 is 10.8 Å². The average molecular weight is 311 g/mol. The number of amides is 2. The third-order valence-electron chi connectivity index (χ3n) is 3.63. The standard InChI is InChI=1S/C16H13N3O4/c20-15(11-2-5-13(6-3-11)19(22)23)18-12-4-1-10-7-8-17-16(21)14(10)9-12/h1-6,9H,7-8H2,(H,17,21)(H,18,20). The molecule has 0 aromatic heterocycles. The second-order valence-electron chi connectivity index (χ2n) is 5.14. The topological polar surface area (TPSA) is 101 Å². The molecule has 0 unspecified atom stereocenters. The molecule has 0 radical (unpaired) electrons. The van der Waals surface area contributed by atoms with Crippen molar-refractivity contribution in [3.8, 4) is 0 Å². The average Bonchev–Trinajstić information content (AvgIpc) is 2.55. The van der Waals surface area contributed by atoms with Gasteiger partial charge in [0.15, 0.2) is 0 Å². The minimum absolute atomic E-state index is 0.0769. The zero-order valence-electron chi connectivity index (χ0n) is 12.0. The number of nitro benzene ring substituents is 1. The summed E-state index contributed by atoms with van der Waals surface area (Å²) in [6.07, 6.45) is 0.762. The Bertz CT molecular complexity index is 799. The largest absolute Gasteiger partial charge is 0.352 e. The highest BCUT2D eigenvalue weighted by molar-refractivity contribution is 6.05. The summed E-state index contributed by atoms with van der Waals surface area (Å²) in [5.74, 6) is -0.547. The lowest BCUT2D eigenvalue weighted by molar-refractivity contribution is -0.384. The molecule has 7 heteroatoms. The molecule has 1 aliphatic heterocycles. The molecular weight excluding hydrogens is 298 g/mol. The molecule has 0 aliphatic carbocycles. The van der Waals surface area contributed by atoms with Crippen molar-refractivity contribution >= 4 is 23.2 Å². The summed E-state index contributed by atoms with van der Waals surface area (Å²) < 4.78 is 0. The van der Waals surface area contributed by atoms with Gasteiger partial charge in [0, 0.05) is 35.5 Å². The number of anilines is 1. The van der Waals surface area contributed by atoms with Gasteiger partial charge in [0.25, 0.3) is 17.5 Å². The van der Waals surface area contributed by atoms with Crippen molar-refractivity contribution in [2.45, 2.75) is 6.42 Å². The zero-order valence-corrected chi connectivity index (χ0v) is 12.0. The Balaban J connectivity index is 1.79. The van der Waals surface area contributed by atoms with Gasteiger partial charge in [-0.15, -0.1) is 0 Å². The highest BCUT2D eigenvalue weighted by Gasteiger charge is 2.17. The minimum atomic E-state index is -0.524. The molecule has 23 heavy (non-hydrogen) atoms. The monoisotopic (exact) mass is 311 g/mol. The second kappa shape index (κ2) is 5.88. The highest BCUT2D eigenvalue weighted by atomic mass is 16.6. The van der Waals surface area contributed by atoms with Crippen molar-refractivity contribution in [2.75, 3.05) is 11.9 Å². The van der Waals surface area contributed by atoms with Crippen LogP contribution in [-0.2, 0) is 6.42 Å². The number of nitrogens with zero attached hydrogens (tertiary/aromatic N) is 1. The third kappa shape index (κ3) is 3.03. The molecule has 7 nitrogen and oxygen atoms in total. The molecule has 0 spiro atoms. The van der Waals surface area contributed by atoms with E-state index in [4.69, 9.17) is 0 Å². The number of benzene rings is 2. The fourth-order valence-electron chi connectivity index (χ4n) is 2.43. The van der Waals surface area contributed by atoms with E-state index >= 15 is 0 Å². The molecule has 0 atom stereocenters. The zero-order chi connectivity index (χ0) is 16.4. The van der Waals surface area contributed by atoms with Crippen LogP contribution in [0.1, 0.15) is 26.3 Å². The highest BCUT2D eigenvalue weighted by Crippen LogP contribution is 2.20. The Morgan fingerprint density at radius 1 is 1.17 bits per heavy atom. The van der Waals surface area contributed by atoms with Crippen LogP contribution in [0.2, 0.25) is 0 Å². The first-order chi connectivity index (χ1) is 11.0. The maximum absolute atomic E-state index is 12.2. The van der Waals surface area contributed by atoms with Gasteiger partial charge in [-0.25, -0.2) is 0 Å². The molecule has 2 aromatic rings. The van der Waals surface area contributed by atoms with Crippen molar-refractivity contribution in [1.29, 1.82) is 0 Å². The predicted molar refractivity (Wildman–Crippen MR) is 83.5 cm³/mol. The van der Waals surface area contributed by atoms with Crippen LogP contribution < -0.4 is 10.6 Å². The smallest absolute Gasteiger partial charge is 0.269 e. The lowest BCUT2D eigenvalue weighted by Gasteiger charge is -2.17. The fourth-order valence-corrected chi connectivity index (χ4v) is 2.43. The van der Waals surface area contributed by atoms with Crippen LogP contribution in [0.25, 0.3) is 0 Å². The van der Waals surface area contributed by atoms with E-state index in [9.17, 15) is 19.7 Å². The number of hydrogen-bond acceptors (Lipinski definition) is 4. The van der Waals surface area contributed by atoms with Gasteiger partial charge in [0.1, 0.15) is 0 Å². The molecular formula is C16H13N3O4. The summed E-state index contributed by atoms with van der Waals surface area (Å²) in [4.78, 5) is 34.1. The number of nitro groups is 1. The summed E-state index contributed by atoms with van der Waals surface area (Å²) in [5.41, 5.74) is 2.23. The number of non-ortho nitro benzene ring substituents is 1. The normalized spacial score (nSPS) is 13.0. The number of hydrogen-bond donors (Lipinski definition) is 2. The molecule has 1 heterocycles. The van der Waals surface area contributed by atoms with Crippen LogP contribution in [0.15, 0.2) is 42.5 Å². The van der Waals surface area contributed by atoms with Gasteiger partial charge < -0.3 is 10.6 Å². The Morgan fingerprint density at radius 2 is 1.91 bits per heavy atom. The van der Waals surface area contributed by atoms with Crippen molar-refractivity contribution in [3.05, 3.63) is 69.3 Å².